The van der Waals surface area contributed by atoms with Gasteiger partial charge in [0.2, 0.25) is 11.8 Å². The van der Waals surface area contributed by atoms with Gasteiger partial charge < -0.3 is 20.3 Å². The van der Waals surface area contributed by atoms with E-state index in [2.05, 4.69) is 15.6 Å². The van der Waals surface area contributed by atoms with Crippen molar-refractivity contribution in [1.29, 1.82) is 0 Å². The Bertz CT molecular complexity index is 1160. The summed E-state index contributed by atoms with van der Waals surface area (Å²) in [5.41, 5.74) is 1.68. The summed E-state index contributed by atoms with van der Waals surface area (Å²) in [6, 6.07) is 12.3. The molecule has 2 N–H and O–H groups in total. The van der Waals surface area contributed by atoms with Gasteiger partial charge in [-0.1, -0.05) is 23.7 Å². The topological polar surface area (TPSA) is 101 Å². The van der Waals surface area contributed by atoms with Crippen LogP contribution in [-0.4, -0.2) is 54.4 Å². The van der Waals surface area contributed by atoms with E-state index in [1.165, 1.54) is 35.5 Å². The quantitative estimate of drug-likeness (QED) is 0.404. The zero-order valence-corrected chi connectivity index (χ0v) is 20.5. The minimum atomic E-state index is -0.426. The van der Waals surface area contributed by atoms with Crippen LogP contribution in [0.25, 0.3) is 0 Å². The molecule has 1 heterocycles. The van der Waals surface area contributed by atoms with Gasteiger partial charge in [0.1, 0.15) is 12.4 Å². The summed E-state index contributed by atoms with van der Waals surface area (Å²) in [6.45, 7) is 0.563. The number of ether oxygens (including phenoxy) is 1. The molecule has 3 aromatic rings. The van der Waals surface area contributed by atoms with Crippen molar-refractivity contribution in [3.63, 3.8) is 0 Å². The van der Waals surface area contributed by atoms with E-state index in [0.29, 0.717) is 21.4 Å². The lowest BCUT2D eigenvalue weighted by molar-refractivity contribution is -0.120. The number of hydrogen-bond acceptors (Lipinski definition) is 6. The van der Waals surface area contributed by atoms with Gasteiger partial charge in [0.05, 0.1) is 18.7 Å². The number of carbonyl (C=O) groups is 3. The van der Waals surface area contributed by atoms with E-state index >= 15 is 0 Å². The third-order valence-corrected chi connectivity index (χ3v) is 5.88. The van der Waals surface area contributed by atoms with E-state index < -0.39 is 5.91 Å². The second-order valence-electron chi connectivity index (χ2n) is 7.50. The van der Waals surface area contributed by atoms with Crippen LogP contribution < -0.4 is 10.6 Å². The number of methoxy groups -OCH3 is 1. The maximum absolute atomic E-state index is 13.0. The summed E-state index contributed by atoms with van der Waals surface area (Å²) in [5.74, 6) is -1.35. The Morgan fingerprint density at radius 3 is 2.49 bits per heavy atom. The molecule has 184 valence electrons. The third kappa shape index (κ3) is 8.43. The van der Waals surface area contributed by atoms with E-state index in [1.807, 2.05) is 0 Å². The number of benzene rings is 2. The van der Waals surface area contributed by atoms with Crippen LogP contribution in [0.5, 0.6) is 0 Å². The fraction of sp³-hybridized carbons (Fsp3) is 0.250. The summed E-state index contributed by atoms with van der Waals surface area (Å²) in [4.78, 5) is 43.2. The average molecular weight is 519 g/mol. The van der Waals surface area contributed by atoms with Crippen molar-refractivity contribution < 1.29 is 23.5 Å². The van der Waals surface area contributed by atoms with Crippen LogP contribution in [0.2, 0.25) is 5.02 Å². The van der Waals surface area contributed by atoms with Crippen molar-refractivity contribution in [1.82, 2.24) is 15.2 Å². The molecule has 0 aliphatic rings. The van der Waals surface area contributed by atoms with Crippen LogP contribution in [-0.2, 0) is 27.3 Å². The summed E-state index contributed by atoms with van der Waals surface area (Å²) < 4.78 is 18.0. The number of hydrogen-bond donors (Lipinski definition) is 2. The van der Waals surface area contributed by atoms with Crippen LogP contribution in [0.4, 0.5) is 9.52 Å². The minimum Gasteiger partial charge on any atom is -0.383 e. The summed E-state index contributed by atoms with van der Waals surface area (Å²) in [6.07, 6.45) is 0.0303. The average Bonchev–Trinajstić information content (AvgIpc) is 3.27. The number of nitrogens with one attached hydrogen (secondary N) is 2. The first-order valence-electron chi connectivity index (χ1n) is 10.6. The predicted molar refractivity (Wildman–Crippen MR) is 132 cm³/mol. The van der Waals surface area contributed by atoms with Crippen molar-refractivity contribution in [3.05, 3.63) is 81.6 Å². The second kappa shape index (κ2) is 12.9. The Morgan fingerprint density at radius 1 is 1.09 bits per heavy atom. The lowest BCUT2D eigenvalue weighted by atomic mass is 10.2. The highest BCUT2D eigenvalue weighted by molar-refractivity contribution is 7.13. The summed E-state index contributed by atoms with van der Waals surface area (Å²) in [5, 5.41) is 7.91. The third-order valence-electron chi connectivity index (χ3n) is 4.82. The Hall–Kier alpha value is -3.34. The lowest BCUT2D eigenvalue weighted by Crippen LogP contribution is -2.40. The monoisotopic (exact) mass is 518 g/mol. The second-order valence-corrected chi connectivity index (χ2v) is 8.79. The molecule has 0 saturated carbocycles. The first kappa shape index (κ1) is 26.3. The number of aromatic nitrogens is 1. The standard InChI is InChI=1S/C24H24ClFN4O4S/c1-34-11-10-30(23(33)17-4-6-18(25)7-5-17)14-22(32)29-24-28-20(15-35-24)12-21(31)27-13-16-2-8-19(26)9-3-16/h2-9,15H,10-14H2,1H3,(H,27,31)(H,28,29,32). The van der Waals surface area contributed by atoms with E-state index in [-0.39, 0.29) is 50.3 Å². The fourth-order valence-electron chi connectivity index (χ4n) is 3.04. The van der Waals surface area contributed by atoms with Gasteiger partial charge in [0, 0.05) is 36.2 Å². The normalized spacial score (nSPS) is 10.6. The Labute approximate surface area is 211 Å². The molecule has 35 heavy (non-hydrogen) atoms. The Kier molecular flexibility index (Phi) is 9.71. The number of nitrogens with zero attached hydrogens (tertiary/aromatic N) is 2. The molecular weight excluding hydrogens is 495 g/mol. The van der Waals surface area contributed by atoms with Crippen molar-refractivity contribution in [3.8, 4) is 0 Å². The van der Waals surface area contributed by atoms with E-state index in [4.69, 9.17) is 16.3 Å². The molecule has 8 nitrogen and oxygen atoms in total. The maximum Gasteiger partial charge on any atom is 0.254 e. The molecule has 0 atom stereocenters. The molecular formula is C24H24ClFN4O4S. The van der Waals surface area contributed by atoms with Crippen molar-refractivity contribution in [2.45, 2.75) is 13.0 Å². The number of thiazole rings is 1. The van der Waals surface area contributed by atoms with Gasteiger partial charge in [0.25, 0.3) is 5.91 Å². The molecule has 0 aliphatic heterocycles. The van der Waals surface area contributed by atoms with Crippen molar-refractivity contribution in [2.75, 3.05) is 32.1 Å². The van der Waals surface area contributed by atoms with Crippen molar-refractivity contribution >= 4 is 45.8 Å². The van der Waals surface area contributed by atoms with Gasteiger partial charge in [-0.3, -0.25) is 14.4 Å². The van der Waals surface area contributed by atoms with Gasteiger partial charge in [0.15, 0.2) is 5.13 Å². The van der Waals surface area contributed by atoms with Gasteiger partial charge in [-0.2, -0.15) is 0 Å². The van der Waals surface area contributed by atoms with E-state index in [1.54, 1.807) is 41.8 Å². The van der Waals surface area contributed by atoms with Crippen molar-refractivity contribution in [2.24, 2.45) is 0 Å². The van der Waals surface area contributed by atoms with Crippen LogP contribution in [0.3, 0.4) is 0 Å². The Morgan fingerprint density at radius 2 is 1.80 bits per heavy atom. The van der Waals surface area contributed by atoms with Gasteiger partial charge in [-0.15, -0.1) is 11.3 Å². The number of carbonyl (C=O) groups excluding carboxylic acids is 3. The molecule has 0 aliphatic carbocycles. The molecule has 3 rings (SSSR count). The maximum atomic E-state index is 13.0. The van der Waals surface area contributed by atoms with Crippen LogP contribution >= 0.6 is 22.9 Å². The molecule has 2 aromatic carbocycles. The molecule has 3 amide bonds. The zero-order chi connectivity index (χ0) is 25.2. The first-order valence-corrected chi connectivity index (χ1v) is 11.9. The lowest BCUT2D eigenvalue weighted by Gasteiger charge is -2.21. The smallest absolute Gasteiger partial charge is 0.254 e. The molecule has 0 saturated heterocycles. The minimum absolute atomic E-state index is 0.0303. The predicted octanol–water partition coefficient (Wildman–Crippen LogP) is 3.52. The van der Waals surface area contributed by atoms with Gasteiger partial charge in [-0.25, -0.2) is 9.37 Å². The highest BCUT2D eigenvalue weighted by atomic mass is 35.5. The number of rotatable bonds is 11. The molecule has 0 unspecified atom stereocenters. The SMILES string of the molecule is COCCN(CC(=O)Nc1nc(CC(=O)NCc2ccc(F)cc2)cs1)C(=O)c1ccc(Cl)cc1. The Balaban J connectivity index is 1.52. The van der Waals surface area contributed by atoms with Crippen LogP contribution in [0, 0.1) is 5.82 Å². The zero-order valence-electron chi connectivity index (χ0n) is 18.9. The van der Waals surface area contributed by atoms with Gasteiger partial charge in [-0.05, 0) is 42.0 Å². The number of halogens is 2. The highest BCUT2D eigenvalue weighted by Crippen LogP contribution is 2.17. The molecule has 0 radical (unpaired) electrons. The first-order chi connectivity index (χ1) is 16.8. The fourth-order valence-corrected chi connectivity index (χ4v) is 3.89. The molecule has 0 spiro atoms. The molecule has 1 aromatic heterocycles. The number of anilines is 1. The summed E-state index contributed by atoms with van der Waals surface area (Å²) >= 11 is 7.07. The molecule has 0 fully saturated rings. The van der Waals surface area contributed by atoms with Crippen LogP contribution in [0.15, 0.2) is 53.9 Å². The molecule has 11 heteroatoms. The van der Waals surface area contributed by atoms with Crippen LogP contribution in [0.1, 0.15) is 21.6 Å². The highest BCUT2D eigenvalue weighted by Gasteiger charge is 2.20. The van der Waals surface area contributed by atoms with E-state index in [0.717, 1.165) is 5.56 Å². The molecule has 0 bridgehead atoms. The van der Waals surface area contributed by atoms with E-state index in [9.17, 15) is 18.8 Å². The largest absolute Gasteiger partial charge is 0.383 e. The van der Waals surface area contributed by atoms with Gasteiger partial charge >= 0.3 is 0 Å². The summed E-state index contributed by atoms with van der Waals surface area (Å²) in [7, 11) is 1.51. The number of amides is 3.